The van der Waals surface area contributed by atoms with Gasteiger partial charge in [0.2, 0.25) is 0 Å². The maximum absolute atomic E-state index is 13.4. The second kappa shape index (κ2) is 7.73. The van der Waals surface area contributed by atoms with Gasteiger partial charge in [0.25, 0.3) is 5.56 Å². The highest BCUT2D eigenvalue weighted by Gasteiger charge is 2.26. The number of rotatable bonds is 4. The minimum Gasteiger partial charge on any atom is -0.467 e. The van der Waals surface area contributed by atoms with Gasteiger partial charge in [0.15, 0.2) is 11.6 Å². The molecule has 1 atom stereocenters. The Labute approximate surface area is 153 Å². The zero-order chi connectivity index (χ0) is 20.4. The molecule has 0 bridgehead atoms. The van der Waals surface area contributed by atoms with Gasteiger partial charge in [0, 0.05) is 23.4 Å². The van der Waals surface area contributed by atoms with Gasteiger partial charge < -0.3 is 19.8 Å². The lowest BCUT2D eigenvalue weighted by atomic mass is 10.0. The predicted octanol–water partition coefficient (Wildman–Crippen LogP) is 2.42. The summed E-state index contributed by atoms with van der Waals surface area (Å²) >= 11 is 0. The number of benzene rings is 1. The molecule has 7 nitrogen and oxygen atoms in total. The maximum atomic E-state index is 13.4. The number of amides is 1. The first-order chi connectivity index (χ1) is 12.5. The third-order valence-corrected chi connectivity index (χ3v) is 3.56. The van der Waals surface area contributed by atoms with Gasteiger partial charge in [-0.05, 0) is 32.9 Å². The summed E-state index contributed by atoms with van der Waals surface area (Å²) in [6.45, 7) is 4.96. The number of fused-ring (bicyclic) bond motifs is 1. The van der Waals surface area contributed by atoms with E-state index in [9.17, 15) is 23.2 Å². The number of hydrogen-bond donors (Lipinski definition) is 2. The number of H-pyrrole nitrogens is 1. The molecule has 0 aliphatic carbocycles. The van der Waals surface area contributed by atoms with Gasteiger partial charge in [0.05, 0.1) is 12.6 Å². The summed E-state index contributed by atoms with van der Waals surface area (Å²) in [6.07, 6.45) is -1.08. The number of methoxy groups -OCH3 is 1. The number of hydrogen-bond acceptors (Lipinski definition) is 5. The molecule has 0 fully saturated rings. The summed E-state index contributed by atoms with van der Waals surface area (Å²) < 4.78 is 36.5. The molecule has 0 unspecified atom stereocenters. The van der Waals surface area contributed by atoms with E-state index in [1.807, 2.05) is 0 Å². The molecule has 0 radical (unpaired) electrons. The van der Waals surface area contributed by atoms with Crippen molar-refractivity contribution in [3.05, 3.63) is 45.8 Å². The number of ether oxygens (including phenoxy) is 2. The van der Waals surface area contributed by atoms with Gasteiger partial charge in [-0.25, -0.2) is 18.4 Å². The van der Waals surface area contributed by atoms with Crippen LogP contribution >= 0.6 is 0 Å². The van der Waals surface area contributed by atoms with Gasteiger partial charge in [-0.1, -0.05) is 0 Å². The van der Waals surface area contributed by atoms with Crippen molar-refractivity contribution in [1.29, 1.82) is 0 Å². The highest BCUT2D eigenvalue weighted by Crippen LogP contribution is 2.17. The lowest BCUT2D eigenvalue weighted by Gasteiger charge is -2.22. The van der Waals surface area contributed by atoms with Crippen LogP contribution in [0.15, 0.2) is 23.0 Å². The Balaban J connectivity index is 2.32. The maximum Gasteiger partial charge on any atom is 0.408 e. The zero-order valence-corrected chi connectivity index (χ0v) is 15.3. The number of aromatic amines is 1. The molecule has 1 aromatic carbocycles. The third kappa shape index (κ3) is 5.25. The molecule has 0 aliphatic heterocycles. The van der Waals surface area contributed by atoms with Crippen molar-refractivity contribution < 1.29 is 27.8 Å². The Bertz CT molecular complexity index is 934. The molecule has 0 spiro atoms. The molecule has 0 saturated carbocycles. The zero-order valence-electron chi connectivity index (χ0n) is 15.3. The minimum atomic E-state index is -1.20. The van der Waals surface area contributed by atoms with Crippen LogP contribution in [0, 0.1) is 11.6 Å². The first kappa shape index (κ1) is 20.3. The predicted molar refractivity (Wildman–Crippen MR) is 93.4 cm³/mol. The number of carbonyl (C=O) groups is 2. The van der Waals surface area contributed by atoms with Crippen LogP contribution in [0.4, 0.5) is 13.6 Å². The Hall–Kier alpha value is -2.97. The van der Waals surface area contributed by atoms with Gasteiger partial charge in [-0.3, -0.25) is 4.79 Å². The summed E-state index contributed by atoms with van der Waals surface area (Å²) in [4.78, 5) is 38.6. The molecule has 0 aliphatic rings. The van der Waals surface area contributed by atoms with Crippen molar-refractivity contribution in [1.82, 2.24) is 10.3 Å². The van der Waals surface area contributed by atoms with E-state index in [-0.39, 0.29) is 22.9 Å². The van der Waals surface area contributed by atoms with Crippen molar-refractivity contribution >= 4 is 23.0 Å². The van der Waals surface area contributed by atoms with Crippen molar-refractivity contribution in [2.45, 2.75) is 38.8 Å². The number of nitrogens with one attached hydrogen (secondary N) is 2. The van der Waals surface area contributed by atoms with E-state index < -0.39 is 40.9 Å². The van der Waals surface area contributed by atoms with Gasteiger partial charge in [0.1, 0.15) is 11.6 Å². The quantitative estimate of drug-likeness (QED) is 0.792. The number of aromatic nitrogens is 1. The molecule has 1 heterocycles. The van der Waals surface area contributed by atoms with Crippen LogP contribution in [0.5, 0.6) is 0 Å². The van der Waals surface area contributed by atoms with Crippen molar-refractivity contribution in [2.24, 2.45) is 0 Å². The van der Waals surface area contributed by atoms with Crippen LogP contribution < -0.4 is 10.9 Å². The standard InChI is InChI=1S/C18H20F2N2O5/c1-18(2,3)27-17(25)22-14(16(24)26-4)7-10-5-9-6-11(19)12(20)8-13(9)21-15(10)23/h5-6,8,14H,7H2,1-4H3,(H,21,23)(H,22,25)/t14-/m0/s1. The second-order valence-corrected chi connectivity index (χ2v) is 6.90. The normalized spacial score (nSPS) is 12.5. The lowest BCUT2D eigenvalue weighted by Crippen LogP contribution is -2.45. The largest absolute Gasteiger partial charge is 0.467 e. The second-order valence-electron chi connectivity index (χ2n) is 6.90. The van der Waals surface area contributed by atoms with Crippen LogP contribution in [0.1, 0.15) is 26.3 Å². The first-order valence-electron chi connectivity index (χ1n) is 8.08. The Morgan fingerprint density at radius 3 is 2.41 bits per heavy atom. The molecule has 146 valence electrons. The van der Waals surface area contributed by atoms with E-state index in [1.165, 1.54) is 6.07 Å². The van der Waals surface area contributed by atoms with Crippen LogP contribution in [-0.4, -0.2) is 35.8 Å². The average molecular weight is 382 g/mol. The number of alkyl carbamates (subject to hydrolysis) is 1. The first-order valence-corrected chi connectivity index (χ1v) is 8.08. The molecule has 2 rings (SSSR count). The fourth-order valence-corrected chi connectivity index (χ4v) is 2.40. The Morgan fingerprint density at radius 1 is 1.19 bits per heavy atom. The van der Waals surface area contributed by atoms with Gasteiger partial charge in [-0.2, -0.15) is 0 Å². The molecule has 27 heavy (non-hydrogen) atoms. The summed E-state index contributed by atoms with van der Waals surface area (Å²) in [7, 11) is 1.13. The fraction of sp³-hybridized carbons (Fsp3) is 0.389. The number of carbonyl (C=O) groups excluding carboxylic acids is 2. The Kier molecular flexibility index (Phi) is 5.82. The lowest BCUT2D eigenvalue weighted by molar-refractivity contribution is -0.143. The van der Waals surface area contributed by atoms with Crippen LogP contribution in [0.2, 0.25) is 0 Å². The SMILES string of the molecule is COC(=O)[C@H](Cc1cc2cc(F)c(F)cc2[nH]c1=O)NC(=O)OC(C)(C)C. The summed E-state index contributed by atoms with van der Waals surface area (Å²) in [5.74, 6) is -2.95. The summed E-state index contributed by atoms with van der Waals surface area (Å²) in [5, 5.41) is 2.59. The molecule has 1 aromatic heterocycles. The number of pyridine rings is 1. The minimum absolute atomic E-state index is 0.0833. The van der Waals surface area contributed by atoms with Gasteiger partial charge in [-0.15, -0.1) is 0 Å². The average Bonchev–Trinajstić information content (AvgIpc) is 2.54. The van der Waals surface area contributed by atoms with E-state index in [2.05, 4.69) is 15.0 Å². The molecule has 9 heteroatoms. The summed E-state index contributed by atoms with van der Waals surface area (Å²) in [5.41, 5.74) is -1.20. The van der Waals surface area contributed by atoms with Crippen LogP contribution in [0.25, 0.3) is 10.9 Å². The number of halogens is 2. The van der Waals surface area contributed by atoms with E-state index in [4.69, 9.17) is 4.74 Å². The monoisotopic (exact) mass is 382 g/mol. The van der Waals surface area contributed by atoms with E-state index in [1.54, 1.807) is 20.8 Å². The fourth-order valence-electron chi connectivity index (χ4n) is 2.40. The molecule has 0 saturated heterocycles. The van der Waals surface area contributed by atoms with E-state index in [0.717, 1.165) is 19.2 Å². The smallest absolute Gasteiger partial charge is 0.408 e. The van der Waals surface area contributed by atoms with E-state index in [0.29, 0.717) is 0 Å². The van der Waals surface area contributed by atoms with Crippen molar-refractivity contribution in [2.75, 3.05) is 7.11 Å². The highest BCUT2D eigenvalue weighted by molar-refractivity contribution is 5.82. The molecular formula is C18H20F2N2O5. The van der Waals surface area contributed by atoms with Crippen molar-refractivity contribution in [3.8, 4) is 0 Å². The molecular weight excluding hydrogens is 362 g/mol. The topological polar surface area (TPSA) is 97.5 Å². The highest BCUT2D eigenvalue weighted by atomic mass is 19.2. The molecule has 2 aromatic rings. The van der Waals surface area contributed by atoms with Crippen LogP contribution in [0.3, 0.4) is 0 Å². The van der Waals surface area contributed by atoms with Crippen LogP contribution in [-0.2, 0) is 20.7 Å². The van der Waals surface area contributed by atoms with E-state index >= 15 is 0 Å². The summed E-state index contributed by atoms with van der Waals surface area (Å²) in [6, 6.07) is 1.92. The molecule has 2 N–H and O–H groups in total. The third-order valence-electron chi connectivity index (χ3n) is 3.56. The Morgan fingerprint density at radius 2 is 1.81 bits per heavy atom. The molecule has 1 amide bonds. The van der Waals surface area contributed by atoms with Crippen molar-refractivity contribution in [3.63, 3.8) is 0 Å². The van der Waals surface area contributed by atoms with Gasteiger partial charge >= 0.3 is 12.1 Å². The number of esters is 1.